The van der Waals surface area contributed by atoms with Crippen molar-refractivity contribution in [1.29, 1.82) is 5.26 Å². The quantitative estimate of drug-likeness (QED) is 0.716. The molecule has 1 saturated heterocycles. The van der Waals surface area contributed by atoms with Gasteiger partial charge in [0.1, 0.15) is 11.9 Å². The molecule has 1 fully saturated rings. The van der Waals surface area contributed by atoms with E-state index < -0.39 is 17.9 Å². The highest BCUT2D eigenvalue weighted by Crippen LogP contribution is 2.35. The van der Waals surface area contributed by atoms with Crippen LogP contribution in [0.4, 0.5) is 5.82 Å². The number of amides is 2. The average molecular weight is 414 g/mol. The first-order chi connectivity index (χ1) is 14.3. The summed E-state index contributed by atoms with van der Waals surface area (Å²) < 4.78 is 0. The molecule has 1 atom stereocenters. The van der Waals surface area contributed by atoms with E-state index in [0.29, 0.717) is 37.6 Å². The van der Waals surface area contributed by atoms with E-state index in [1.54, 1.807) is 6.92 Å². The number of fused-ring (bicyclic) bond motifs is 1. The van der Waals surface area contributed by atoms with Crippen molar-refractivity contribution < 1.29 is 14.7 Å². The maximum Gasteiger partial charge on any atom is 0.312 e. The van der Waals surface area contributed by atoms with Crippen LogP contribution in [0.5, 0.6) is 0 Å². The van der Waals surface area contributed by atoms with Crippen LogP contribution in [-0.2, 0) is 22.4 Å². The fourth-order valence-corrected chi connectivity index (χ4v) is 4.24. The zero-order valence-electron chi connectivity index (χ0n) is 18.1. The lowest BCUT2D eigenvalue weighted by atomic mass is 9.85. The summed E-state index contributed by atoms with van der Waals surface area (Å²) in [6.45, 7) is 7.69. The number of nitrogens with zero attached hydrogens (tertiary/aromatic N) is 4. The normalized spacial score (nSPS) is 17.3. The van der Waals surface area contributed by atoms with Gasteiger partial charge in [-0.2, -0.15) is 5.26 Å². The van der Waals surface area contributed by atoms with Crippen molar-refractivity contribution in [3.8, 4) is 6.07 Å². The van der Waals surface area contributed by atoms with E-state index >= 15 is 0 Å². The number of aliphatic hydroxyl groups excluding tert-OH is 1. The number of pyridine rings is 1. The van der Waals surface area contributed by atoms with Gasteiger partial charge in [0, 0.05) is 38.4 Å². The molecule has 1 aromatic heterocycles. The minimum absolute atomic E-state index is 0.0487. The molecule has 3 rings (SSSR count). The van der Waals surface area contributed by atoms with E-state index in [2.05, 4.69) is 30.1 Å². The Morgan fingerprint density at radius 1 is 1.13 bits per heavy atom. The van der Waals surface area contributed by atoms with Crippen LogP contribution in [0.3, 0.4) is 0 Å². The Bertz CT molecular complexity index is 851. The van der Waals surface area contributed by atoms with Crippen LogP contribution >= 0.6 is 0 Å². The summed E-state index contributed by atoms with van der Waals surface area (Å²) in [6.07, 6.45) is 3.42. The Morgan fingerprint density at radius 2 is 1.77 bits per heavy atom. The fourth-order valence-electron chi connectivity index (χ4n) is 4.24. The first kappa shape index (κ1) is 22.0. The molecule has 162 valence electrons. The molecule has 0 saturated carbocycles. The molecule has 0 radical (unpaired) electrons. The van der Waals surface area contributed by atoms with Gasteiger partial charge in [0.15, 0.2) is 0 Å². The number of aromatic nitrogens is 1. The Morgan fingerprint density at radius 3 is 2.33 bits per heavy atom. The molecule has 0 aromatic carbocycles. The van der Waals surface area contributed by atoms with Gasteiger partial charge in [-0.15, -0.1) is 0 Å². The van der Waals surface area contributed by atoms with Crippen LogP contribution in [0.25, 0.3) is 0 Å². The Labute approximate surface area is 177 Å². The van der Waals surface area contributed by atoms with E-state index in [9.17, 15) is 20.0 Å². The van der Waals surface area contributed by atoms with Gasteiger partial charge < -0.3 is 20.2 Å². The molecular formula is C22H31N5O3. The molecule has 8 heteroatoms. The second kappa shape index (κ2) is 9.43. The average Bonchev–Trinajstić information content (AvgIpc) is 2.75. The third-order valence-corrected chi connectivity index (χ3v) is 5.81. The first-order valence-electron chi connectivity index (χ1n) is 10.8. The molecular weight excluding hydrogens is 382 g/mol. The Kier molecular flexibility index (Phi) is 6.93. The summed E-state index contributed by atoms with van der Waals surface area (Å²) in [7, 11) is 0. The molecule has 2 amide bonds. The van der Waals surface area contributed by atoms with E-state index in [-0.39, 0.29) is 12.5 Å². The van der Waals surface area contributed by atoms with Crippen LogP contribution in [-0.4, -0.2) is 65.6 Å². The molecule has 0 spiro atoms. The second-order valence-electron chi connectivity index (χ2n) is 8.46. The minimum atomic E-state index is -0.701. The van der Waals surface area contributed by atoms with Crippen molar-refractivity contribution in [2.45, 2.75) is 58.5 Å². The largest absolute Gasteiger partial charge is 0.392 e. The second-order valence-corrected chi connectivity index (χ2v) is 8.46. The van der Waals surface area contributed by atoms with Gasteiger partial charge in [-0.25, -0.2) is 4.98 Å². The molecule has 8 nitrogen and oxygen atoms in total. The minimum Gasteiger partial charge on any atom is -0.392 e. The number of rotatable bonds is 4. The lowest BCUT2D eigenvalue weighted by Gasteiger charge is -2.36. The highest BCUT2D eigenvalue weighted by atomic mass is 16.3. The van der Waals surface area contributed by atoms with E-state index in [1.807, 2.05) is 0 Å². The van der Waals surface area contributed by atoms with Crippen molar-refractivity contribution in [1.82, 2.24) is 15.2 Å². The van der Waals surface area contributed by atoms with Gasteiger partial charge >= 0.3 is 11.8 Å². The predicted octanol–water partition coefficient (Wildman–Crippen LogP) is 1.10. The first-order valence-corrected chi connectivity index (χ1v) is 10.8. The monoisotopic (exact) mass is 413 g/mol. The van der Waals surface area contributed by atoms with Gasteiger partial charge in [-0.05, 0) is 49.7 Å². The van der Waals surface area contributed by atoms with Gasteiger partial charge in [0.2, 0.25) is 0 Å². The molecule has 1 aromatic rings. The van der Waals surface area contributed by atoms with E-state index in [1.165, 1.54) is 10.5 Å². The molecule has 30 heavy (non-hydrogen) atoms. The third kappa shape index (κ3) is 4.57. The van der Waals surface area contributed by atoms with Crippen molar-refractivity contribution >= 4 is 17.6 Å². The van der Waals surface area contributed by atoms with Crippen LogP contribution in [0.1, 0.15) is 61.9 Å². The standard InChI is InChI=1S/C22H31N5O3/c1-14(2)19-17-7-5-4-6-16(17)18(12-23)20(25-19)26-8-10-27(11-9-26)22(30)21(29)24-13-15(3)28/h14-15,28H,4-11,13H2,1-3H3,(H,24,29). The molecule has 1 unspecified atom stereocenters. The molecule has 1 aliphatic heterocycles. The fraction of sp³-hybridized carbons (Fsp3) is 0.636. The number of aliphatic hydroxyl groups is 1. The molecule has 1 aliphatic carbocycles. The SMILES string of the molecule is CC(O)CNC(=O)C(=O)N1CCN(c2nc(C(C)C)c3c(c2C#N)CCCC3)CC1. The zero-order valence-corrected chi connectivity index (χ0v) is 18.1. The van der Waals surface area contributed by atoms with E-state index in [4.69, 9.17) is 4.98 Å². The lowest BCUT2D eigenvalue weighted by molar-refractivity contribution is -0.146. The van der Waals surface area contributed by atoms with E-state index in [0.717, 1.165) is 36.9 Å². The maximum absolute atomic E-state index is 12.4. The maximum atomic E-state index is 12.4. The highest BCUT2D eigenvalue weighted by molar-refractivity contribution is 6.35. The molecule has 2 aliphatic rings. The van der Waals surface area contributed by atoms with Crippen molar-refractivity contribution in [3.05, 3.63) is 22.4 Å². The summed E-state index contributed by atoms with van der Waals surface area (Å²) in [5, 5.41) is 21.6. The van der Waals surface area contributed by atoms with Gasteiger partial charge in [-0.1, -0.05) is 13.8 Å². The predicted molar refractivity (Wildman–Crippen MR) is 113 cm³/mol. The number of hydrogen-bond donors (Lipinski definition) is 2. The van der Waals surface area contributed by atoms with Gasteiger partial charge in [0.25, 0.3) is 0 Å². The molecule has 0 bridgehead atoms. The number of piperazine rings is 1. The van der Waals surface area contributed by atoms with Crippen LogP contribution in [0.15, 0.2) is 0 Å². The summed E-state index contributed by atoms with van der Waals surface area (Å²) in [4.78, 5) is 32.9. The van der Waals surface area contributed by atoms with Crippen molar-refractivity contribution in [2.24, 2.45) is 0 Å². The summed E-state index contributed by atoms with van der Waals surface area (Å²) >= 11 is 0. The summed E-state index contributed by atoms with van der Waals surface area (Å²) in [6, 6.07) is 2.39. The topological polar surface area (TPSA) is 110 Å². The highest BCUT2D eigenvalue weighted by Gasteiger charge is 2.30. The molecule has 2 heterocycles. The van der Waals surface area contributed by atoms with Crippen molar-refractivity contribution in [3.63, 3.8) is 0 Å². The number of carbonyl (C=O) groups excluding carboxylic acids is 2. The summed E-state index contributed by atoms with van der Waals surface area (Å²) in [5.74, 6) is -0.288. The van der Waals surface area contributed by atoms with Crippen LogP contribution in [0.2, 0.25) is 0 Å². The number of nitriles is 1. The van der Waals surface area contributed by atoms with Crippen LogP contribution in [0, 0.1) is 11.3 Å². The number of carbonyl (C=O) groups is 2. The number of anilines is 1. The molecule has 2 N–H and O–H groups in total. The number of hydrogen-bond acceptors (Lipinski definition) is 6. The third-order valence-electron chi connectivity index (χ3n) is 5.81. The smallest absolute Gasteiger partial charge is 0.312 e. The van der Waals surface area contributed by atoms with Crippen LogP contribution < -0.4 is 10.2 Å². The lowest BCUT2D eigenvalue weighted by Crippen LogP contribution is -2.53. The van der Waals surface area contributed by atoms with Gasteiger partial charge in [0.05, 0.1) is 11.7 Å². The van der Waals surface area contributed by atoms with Gasteiger partial charge in [-0.3, -0.25) is 9.59 Å². The zero-order chi connectivity index (χ0) is 21.8. The van der Waals surface area contributed by atoms with Crippen molar-refractivity contribution in [2.75, 3.05) is 37.6 Å². The number of nitrogens with one attached hydrogen (secondary N) is 1. The Hall–Kier alpha value is -2.66. The Balaban J connectivity index is 1.77. The summed E-state index contributed by atoms with van der Waals surface area (Å²) in [5.41, 5.74) is 4.15.